The van der Waals surface area contributed by atoms with Crippen LogP contribution in [-0.2, 0) is 4.79 Å². The summed E-state index contributed by atoms with van der Waals surface area (Å²) in [6.45, 7) is 5.10. The van der Waals surface area contributed by atoms with Gasteiger partial charge in [0.2, 0.25) is 0 Å². The molecule has 0 bridgehead atoms. The largest absolute Gasteiger partial charge is 0.480 e. The minimum atomic E-state index is -1.00. The molecule has 2 N–H and O–H groups in total. The van der Waals surface area contributed by atoms with Crippen molar-refractivity contribution in [2.24, 2.45) is 0 Å². The average molecular weight is 228 g/mol. The highest BCUT2D eigenvalue weighted by Gasteiger charge is 2.26. The Bertz CT molecular complexity index is 388. The van der Waals surface area contributed by atoms with Crippen LogP contribution in [0.3, 0.4) is 0 Å². The highest BCUT2D eigenvalue weighted by Crippen LogP contribution is 2.22. The number of hydrogen-bond acceptors (Lipinski definition) is 2. The lowest BCUT2D eigenvalue weighted by Gasteiger charge is -2.22. The summed E-state index contributed by atoms with van der Waals surface area (Å²) in [6, 6.07) is 5.38. The number of carboxylic acids is 1. The number of rotatable bonds is 3. The van der Waals surface area contributed by atoms with Gasteiger partial charge < -0.3 is 10.4 Å². The van der Waals surface area contributed by atoms with Crippen LogP contribution >= 0.6 is 11.6 Å². The Morgan fingerprint density at radius 1 is 1.47 bits per heavy atom. The smallest absolute Gasteiger partial charge is 0.328 e. The molecule has 1 aromatic rings. The number of hydrogen-bond donors (Lipinski definition) is 2. The molecule has 0 saturated carbocycles. The third-order valence-electron chi connectivity index (χ3n) is 2.16. The van der Waals surface area contributed by atoms with E-state index in [4.69, 9.17) is 16.7 Å². The van der Waals surface area contributed by atoms with Crippen molar-refractivity contribution in [3.05, 3.63) is 28.8 Å². The van der Waals surface area contributed by atoms with E-state index in [1.54, 1.807) is 19.9 Å². The molecule has 0 aliphatic rings. The van der Waals surface area contributed by atoms with E-state index in [1.165, 1.54) is 0 Å². The molecule has 82 valence electrons. The highest BCUT2D eigenvalue weighted by atomic mass is 35.5. The lowest BCUT2D eigenvalue weighted by atomic mass is 10.1. The van der Waals surface area contributed by atoms with Gasteiger partial charge in [0, 0.05) is 10.7 Å². The molecule has 0 aliphatic carbocycles. The number of anilines is 1. The lowest BCUT2D eigenvalue weighted by molar-refractivity contribution is -0.141. The fourth-order valence-corrected chi connectivity index (χ4v) is 1.27. The van der Waals surface area contributed by atoms with E-state index in [1.807, 2.05) is 19.1 Å². The van der Waals surface area contributed by atoms with Crippen molar-refractivity contribution >= 4 is 23.3 Å². The second-order valence-corrected chi connectivity index (χ2v) is 4.43. The third kappa shape index (κ3) is 2.86. The SMILES string of the molecule is Cc1ccc(NC(C)(C)C(=O)O)cc1Cl. The molecule has 0 unspecified atom stereocenters. The van der Waals surface area contributed by atoms with Crippen LogP contribution in [0, 0.1) is 6.92 Å². The molecule has 0 heterocycles. The molecular formula is C11H14ClNO2. The standard InChI is InChI=1S/C11H14ClNO2/c1-7-4-5-8(6-9(7)12)13-11(2,3)10(14)15/h4-6,13H,1-3H3,(H,14,15). The van der Waals surface area contributed by atoms with Crippen LogP contribution in [0.1, 0.15) is 19.4 Å². The molecule has 0 aromatic heterocycles. The van der Waals surface area contributed by atoms with E-state index in [-0.39, 0.29) is 0 Å². The van der Waals surface area contributed by atoms with Gasteiger partial charge in [0.05, 0.1) is 0 Å². The Labute approximate surface area is 94.1 Å². The Hall–Kier alpha value is -1.22. The van der Waals surface area contributed by atoms with E-state index in [9.17, 15) is 4.79 Å². The zero-order chi connectivity index (χ0) is 11.6. The van der Waals surface area contributed by atoms with Gasteiger partial charge in [-0.3, -0.25) is 0 Å². The fourth-order valence-electron chi connectivity index (χ4n) is 1.08. The summed E-state index contributed by atoms with van der Waals surface area (Å²) in [4.78, 5) is 10.9. The summed E-state index contributed by atoms with van der Waals surface area (Å²) in [5, 5.41) is 12.5. The monoisotopic (exact) mass is 227 g/mol. The zero-order valence-corrected chi connectivity index (χ0v) is 9.72. The Morgan fingerprint density at radius 3 is 2.53 bits per heavy atom. The van der Waals surface area contributed by atoms with Gasteiger partial charge in [-0.25, -0.2) is 4.79 Å². The summed E-state index contributed by atoms with van der Waals surface area (Å²) in [7, 11) is 0. The molecule has 0 saturated heterocycles. The first-order valence-electron chi connectivity index (χ1n) is 4.60. The van der Waals surface area contributed by atoms with Gasteiger partial charge in [0.15, 0.2) is 0 Å². The maximum absolute atomic E-state index is 10.9. The zero-order valence-electron chi connectivity index (χ0n) is 8.97. The van der Waals surface area contributed by atoms with E-state index in [0.29, 0.717) is 10.7 Å². The molecule has 0 aliphatic heterocycles. The van der Waals surface area contributed by atoms with Crippen molar-refractivity contribution in [2.75, 3.05) is 5.32 Å². The number of aliphatic carboxylic acids is 1. The maximum Gasteiger partial charge on any atom is 0.328 e. The number of carboxylic acid groups (broad SMARTS) is 1. The summed E-state index contributed by atoms with van der Waals surface area (Å²) < 4.78 is 0. The molecule has 0 spiro atoms. The highest BCUT2D eigenvalue weighted by molar-refractivity contribution is 6.31. The Morgan fingerprint density at radius 2 is 2.07 bits per heavy atom. The van der Waals surface area contributed by atoms with Crippen LogP contribution in [0.2, 0.25) is 5.02 Å². The predicted molar refractivity (Wildman–Crippen MR) is 61.5 cm³/mol. The van der Waals surface area contributed by atoms with Crippen LogP contribution in [0.15, 0.2) is 18.2 Å². The van der Waals surface area contributed by atoms with Crippen molar-refractivity contribution < 1.29 is 9.90 Å². The van der Waals surface area contributed by atoms with Crippen molar-refractivity contribution in [1.82, 2.24) is 0 Å². The second-order valence-electron chi connectivity index (χ2n) is 4.02. The van der Waals surface area contributed by atoms with Gasteiger partial charge in [-0.1, -0.05) is 17.7 Å². The Kier molecular flexibility index (Phi) is 3.25. The van der Waals surface area contributed by atoms with Crippen molar-refractivity contribution in [1.29, 1.82) is 0 Å². The number of nitrogens with one attached hydrogen (secondary N) is 1. The average Bonchev–Trinajstić information content (AvgIpc) is 2.10. The van der Waals surface area contributed by atoms with Gasteiger partial charge in [-0.15, -0.1) is 0 Å². The van der Waals surface area contributed by atoms with Crippen molar-refractivity contribution in [3.8, 4) is 0 Å². The molecule has 3 nitrogen and oxygen atoms in total. The van der Waals surface area contributed by atoms with E-state index in [2.05, 4.69) is 5.32 Å². The first-order chi connectivity index (χ1) is 6.83. The quantitative estimate of drug-likeness (QED) is 0.835. The van der Waals surface area contributed by atoms with Gasteiger partial charge in [0.25, 0.3) is 0 Å². The lowest BCUT2D eigenvalue weighted by Crippen LogP contribution is -2.39. The molecule has 15 heavy (non-hydrogen) atoms. The number of halogens is 1. The van der Waals surface area contributed by atoms with E-state index < -0.39 is 11.5 Å². The third-order valence-corrected chi connectivity index (χ3v) is 2.57. The van der Waals surface area contributed by atoms with Crippen molar-refractivity contribution in [3.63, 3.8) is 0 Å². The molecular weight excluding hydrogens is 214 g/mol. The summed E-state index contributed by atoms with van der Waals surface area (Å²) >= 11 is 5.93. The fraction of sp³-hybridized carbons (Fsp3) is 0.364. The minimum absolute atomic E-state index is 0.626. The van der Waals surface area contributed by atoms with E-state index in [0.717, 1.165) is 5.56 Å². The van der Waals surface area contributed by atoms with Crippen LogP contribution in [0.4, 0.5) is 5.69 Å². The Balaban J connectivity index is 2.91. The molecule has 0 amide bonds. The number of carbonyl (C=O) groups is 1. The van der Waals surface area contributed by atoms with Crippen LogP contribution < -0.4 is 5.32 Å². The molecule has 1 aromatic carbocycles. The van der Waals surface area contributed by atoms with Gasteiger partial charge in [-0.05, 0) is 38.5 Å². The predicted octanol–water partition coefficient (Wildman–Crippen LogP) is 2.92. The molecule has 1 rings (SSSR count). The summed E-state index contributed by atoms with van der Waals surface area (Å²) in [5.74, 6) is -0.904. The topological polar surface area (TPSA) is 49.3 Å². The summed E-state index contributed by atoms with van der Waals surface area (Å²) in [6.07, 6.45) is 0. The maximum atomic E-state index is 10.9. The first kappa shape index (κ1) is 11.9. The molecule has 0 radical (unpaired) electrons. The van der Waals surface area contributed by atoms with Gasteiger partial charge in [-0.2, -0.15) is 0 Å². The van der Waals surface area contributed by atoms with Crippen LogP contribution in [-0.4, -0.2) is 16.6 Å². The van der Waals surface area contributed by atoms with Gasteiger partial charge in [0.1, 0.15) is 5.54 Å². The first-order valence-corrected chi connectivity index (χ1v) is 4.98. The summed E-state index contributed by atoms with van der Waals surface area (Å²) in [5.41, 5.74) is 0.673. The normalized spacial score (nSPS) is 11.2. The van der Waals surface area contributed by atoms with E-state index >= 15 is 0 Å². The molecule has 0 fully saturated rings. The second kappa shape index (κ2) is 4.11. The molecule has 4 heteroatoms. The minimum Gasteiger partial charge on any atom is -0.480 e. The van der Waals surface area contributed by atoms with Gasteiger partial charge >= 0.3 is 5.97 Å². The van der Waals surface area contributed by atoms with Crippen molar-refractivity contribution in [2.45, 2.75) is 26.3 Å². The molecule has 0 atom stereocenters. The van der Waals surface area contributed by atoms with Crippen LogP contribution in [0.5, 0.6) is 0 Å². The number of aryl methyl sites for hydroxylation is 1. The van der Waals surface area contributed by atoms with Crippen LogP contribution in [0.25, 0.3) is 0 Å². The number of benzene rings is 1.